The van der Waals surface area contributed by atoms with E-state index in [-0.39, 0.29) is 6.10 Å². The minimum atomic E-state index is -0.996. The van der Waals surface area contributed by atoms with Crippen molar-refractivity contribution in [2.24, 2.45) is 0 Å². The van der Waals surface area contributed by atoms with E-state index in [0.717, 1.165) is 19.4 Å². The Morgan fingerprint density at radius 2 is 2.45 bits per heavy atom. The first kappa shape index (κ1) is 9.40. The van der Waals surface area contributed by atoms with Gasteiger partial charge in [0.05, 0.1) is 19.3 Å². The second kappa shape index (κ2) is 5.04. The molecule has 0 aromatic heterocycles. The average molecular weight is 178 g/mol. The summed E-state index contributed by atoms with van der Waals surface area (Å²) in [4.78, 5) is 0. The molecule has 1 aliphatic heterocycles. The first-order valence-corrected chi connectivity index (χ1v) is 5.15. The van der Waals surface area contributed by atoms with Crippen LogP contribution in [0.1, 0.15) is 26.7 Å². The molecular formula is C7H15O3P. The largest absolute Gasteiger partial charge is 0.333 e. The molecule has 66 valence electrons. The predicted molar refractivity (Wildman–Crippen MR) is 44.3 cm³/mol. The fraction of sp³-hybridized carbons (Fsp3) is 1.00. The van der Waals surface area contributed by atoms with Gasteiger partial charge in [-0.3, -0.25) is 0 Å². The lowest BCUT2D eigenvalue weighted by molar-refractivity contribution is 0.224. The van der Waals surface area contributed by atoms with Crippen LogP contribution in [-0.4, -0.2) is 19.3 Å². The second-order valence-corrected chi connectivity index (χ2v) is 3.80. The minimum absolute atomic E-state index is 0.211. The van der Waals surface area contributed by atoms with Crippen molar-refractivity contribution in [3.8, 4) is 0 Å². The monoisotopic (exact) mass is 178 g/mol. The summed E-state index contributed by atoms with van der Waals surface area (Å²) in [6.45, 7) is 5.56. The van der Waals surface area contributed by atoms with Crippen LogP contribution in [0.4, 0.5) is 0 Å². The van der Waals surface area contributed by atoms with Gasteiger partial charge in [-0.1, -0.05) is 13.3 Å². The van der Waals surface area contributed by atoms with E-state index in [1.807, 2.05) is 6.92 Å². The van der Waals surface area contributed by atoms with Gasteiger partial charge in [0.1, 0.15) is 0 Å². The zero-order valence-corrected chi connectivity index (χ0v) is 7.97. The van der Waals surface area contributed by atoms with Crippen molar-refractivity contribution in [1.82, 2.24) is 0 Å². The lowest BCUT2D eigenvalue weighted by atomic mass is 10.4. The summed E-state index contributed by atoms with van der Waals surface area (Å²) in [5, 5.41) is 0. The van der Waals surface area contributed by atoms with Gasteiger partial charge in [0.2, 0.25) is 0 Å². The fourth-order valence-corrected chi connectivity index (χ4v) is 1.89. The molecule has 0 spiro atoms. The van der Waals surface area contributed by atoms with Crippen molar-refractivity contribution in [3.63, 3.8) is 0 Å². The average Bonchev–Trinajstić information content (AvgIpc) is 2.37. The Hall–Kier alpha value is 0.310. The summed E-state index contributed by atoms with van der Waals surface area (Å²) in [6, 6.07) is 0. The summed E-state index contributed by atoms with van der Waals surface area (Å²) >= 11 is 0. The van der Waals surface area contributed by atoms with Gasteiger partial charge in [0, 0.05) is 0 Å². The summed E-state index contributed by atoms with van der Waals surface area (Å²) in [6.07, 6.45) is 2.45. The smallest absolute Gasteiger partial charge is 0.312 e. The molecule has 3 nitrogen and oxygen atoms in total. The Morgan fingerprint density at radius 1 is 1.64 bits per heavy atom. The van der Waals surface area contributed by atoms with E-state index in [0.29, 0.717) is 6.61 Å². The molecule has 0 saturated carbocycles. The van der Waals surface area contributed by atoms with Crippen molar-refractivity contribution >= 4 is 8.60 Å². The van der Waals surface area contributed by atoms with Crippen LogP contribution in [-0.2, 0) is 13.6 Å². The van der Waals surface area contributed by atoms with Gasteiger partial charge in [-0.2, -0.15) is 0 Å². The van der Waals surface area contributed by atoms with Crippen LogP contribution in [0.5, 0.6) is 0 Å². The summed E-state index contributed by atoms with van der Waals surface area (Å²) in [7, 11) is -0.996. The predicted octanol–water partition coefficient (Wildman–Crippen LogP) is 2.47. The second-order valence-electron chi connectivity index (χ2n) is 2.62. The highest BCUT2D eigenvalue weighted by Crippen LogP contribution is 2.46. The van der Waals surface area contributed by atoms with Crippen LogP contribution in [0.3, 0.4) is 0 Å². The number of hydrogen-bond acceptors (Lipinski definition) is 3. The molecule has 0 aliphatic carbocycles. The normalized spacial score (nSPS) is 31.1. The van der Waals surface area contributed by atoms with Gasteiger partial charge in [0.25, 0.3) is 0 Å². The maximum Gasteiger partial charge on any atom is 0.333 e. The number of rotatable bonds is 4. The molecule has 1 aliphatic rings. The van der Waals surface area contributed by atoms with Crippen molar-refractivity contribution in [2.45, 2.75) is 32.8 Å². The SMILES string of the molecule is CCCCOP1OCC(C)O1. The van der Waals surface area contributed by atoms with E-state index in [1.165, 1.54) is 0 Å². The van der Waals surface area contributed by atoms with Crippen molar-refractivity contribution < 1.29 is 13.6 Å². The van der Waals surface area contributed by atoms with Gasteiger partial charge >= 0.3 is 8.60 Å². The van der Waals surface area contributed by atoms with E-state index in [2.05, 4.69) is 6.92 Å². The van der Waals surface area contributed by atoms with E-state index < -0.39 is 8.60 Å². The van der Waals surface area contributed by atoms with Crippen molar-refractivity contribution in [3.05, 3.63) is 0 Å². The van der Waals surface area contributed by atoms with Crippen LogP contribution in [0.2, 0.25) is 0 Å². The molecule has 0 bridgehead atoms. The van der Waals surface area contributed by atoms with Gasteiger partial charge in [-0.15, -0.1) is 0 Å². The van der Waals surface area contributed by atoms with Crippen LogP contribution in [0.15, 0.2) is 0 Å². The van der Waals surface area contributed by atoms with E-state index >= 15 is 0 Å². The molecule has 1 rings (SSSR count). The van der Waals surface area contributed by atoms with E-state index in [9.17, 15) is 0 Å². The Bertz CT molecular complexity index is 110. The van der Waals surface area contributed by atoms with E-state index in [1.54, 1.807) is 0 Å². The van der Waals surface area contributed by atoms with Gasteiger partial charge in [0.15, 0.2) is 0 Å². The Labute approximate surface area is 69.0 Å². The Balaban J connectivity index is 1.99. The van der Waals surface area contributed by atoms with Crippen molar-refractivity contribution in [2.75, 3.05) is 13.2 Å². The molecule has 0 amide bonds. The highest BCUT2D eigenvalue weighted by molar-refractivity contribution is 7.41. The summed E-state index contributed by atoms with van der Waals surface area (Å²) < 4.78 is 15.9. The first-order chi connectivity index (χ1) is 5.33. The maximum atomic E-state index is 5.33. The third-order valence-electron chi connectivity index (χ3n) is 1.38. The standard InChI is InChI=1S/C7H15O3P/c1-3-4-5-8-11-9-6-7(2)10-11/h7H,3-6H2,1-2H3. The molecule has 2 unspecified atom stereocenters. The number of hydrogen-bond donors (Lipinski definition) is 0. The summed E-state index contributed by atoms with van der Waals surface area (Å²) in [5.74, 6) is 0. The van der Waals surface area contributed by atoms with Crippen LogP contribution < -0.4 is 0 Å². The van der Waals surface area contributed by atoms with Crippen LogP contribution in [0.25, 0.3) is 0 Å². The maximum absolute atomic E-state index is 5.33. The third-order valence-corrected chi connectivity index (χ3v) is 2.66. The molecule has 1 heterocycles. The van der Waals surface area contributed by atoms with Gasteiger partial charge in [-0.25, -0.2) is 0 Å². The first-order valence-electron chi connectivity index (χ1n) is 4.05. The zero-order valence-electron chi connectivity index (χ0n) is 7.08. The molecule has 1 fully saturated rings. The van der Waals surface area contributed by atoms with Gasteiger partial charge in [-0.05, 0) is 13.3 Å². The molecule has 4 heteroatoms. The molecule has 0 aromatic carbocycles. The highest BCUT2D eigenvalue weighted by Gasteiger charge is 2.24. The minimum Gasteiger partial charge on any atom is -0.312 e. The third kappa shape index (κ3) is 3.48. The van der Waals surface area contributed by atoms with Crippen LogP contribution >= 0.6 is 8.60 Å². The fourth-order valence-electron chi connectivity index (χ4n) is 0.725. The van der Waals surface area contributed by atoms with Crippen LogP contribution in [0, 0.1) is 0 Å². The lowest BCUT2D eigenvalue weighted by Gasteiger charge is -2.07. The Morgan fingerprint density at radius 3 is 3.00 bits per heavy atom. The lowest BCUT2D eigenvalue weighted by Crippen LogP contribution is -1.99. The zero-order chi connectivity index (χ0) is 8.10. The molecule has 11 heavy (non-hydrogen) atoms. The number of unbranched alkanes of at least 4 members (excludes halogenated alkanes) is 1. The summed E-state index contributed by atoms with van der Waals surface area (Å²) in [5.41, 5.74) is 0. The topological polar surface area (TPSA) is 27.7 Å². The molecule has 0 radical (unpaired) electrons. The highest BCUT2D eigenvalue weighted by atomic mass is 31.2. The van der Waals surface area contributed by atoms with Gasteiger partial charge < -0.3 is 13.6 Å². The van der Waals surface area contributed by atoms with Crippen molar-refractivity contribution in [1.29, 1.82) is 0 Å². The molecule has 0 N–H and O–H groups in total. The quantitative estimate of drug-likeness (QED) is 0.489. The molecular weight excluding hydrogens is 163 g/mol. The Kier molecular flexibility index (Phi) is 4.31. The van der Waals surface area contributed by atoms with E-state index in [4.69, 9.17) is 13.6 Å². The molecule has 1 saturated heterocycles. The molecule has 0 aromatic rings. The molecule has 2 atom stereocenters.